The van der Waals surface area contributed by atoms with Crippen molar-refractivity contribution in [1.29, 1.82) is 0 Å². The van der Waals surface area contributed by atoms with Gasteiger partial charge in [0.2, 0.25) is 5.91 Å². The lowest BCUT2D eigenvalue weighted by Crippen LogP contribution is -2.37. The van der Waals surface area contributed by atoms with E-state index in [0.717, 1.165) is 37.3 Å². The molecule has 118 valence electrons. The number of hydrogen-bond donors (Lipinski definition) is 1. The van der Waals surface area contributed by atoms with E-state index < -0.39 is 0 Å². The minimum Gasteiger partial charge on any atom is -0.359 e. The van der Waals surface area contributed by atoms with Crippen LogP contribution in [0.1, 0.15) is 64.0 Å². The summed E-state index contributed by atoms with van der Waals surface area (Å²) in [4.78, 5) is 14.4. The molecule has 0 spiro atoms. The van der Waals surface area contributed by atoms with Crippen LogP contribution in [-0.2, 0) is 4.79 Å². The van der Waals surface area contributed by atoms with Crippen molar-refractivity contribution >= 4 is 5.91 Å². The number of nitrogens with zero attached hydrogens (tertiary/aromatic N) is 2. The van der Waals surface area contributed by atoms with Gasteiger partial charge in [0.1, 0.15) is 0 Å². The second kappa shape index (κ2) is 6.18. The van der Waals surface area contributed by atoms with Gasteiger partial charge in [-0.1, -0.05) is 25.9 Å². The van der Waals surface area contributed by atoms with Crippen molar-refractivity contribution in [2.24, 2.45) is 11.1 Å². The SMILES string of the molecule is Cc1cc(C2CCCN2C(=O)CC(N)CC(C)(C)C)on1. The fourth-order valence-electron chi connectivity index (χ4n) is 3.10. The third-order valence-electron chi connectivity index (χ3n) is 3.86. The maximum atomic E-state index is 12.5. The topological polar surface area (TPSA) is 72.4 Å². The van der Waals surface area contributed by atoms with Crippen LogP contribution in [0.3, 0.4) is 0 Å². The molecule has 2 unspecified atom stereocenters. The first-order chi connectivity index (χ1) is 9.76. The van der Waals surface area contributed by atoms with E-state index >= 15 is 0 Å². The maximum Gasteiger partial charge on any atom is 0.224 e. The molecule has 0 aromatic carbocycles. The number of carbonyl (C=O) groups excluding carboxylic acids is 1. The van der Waals surface area contributed by atoms with E-state index in [1.54, 1.807) is 0 Å². The quantitative estimate of drug-likeness (QED) is 0.926. The summed E-state index contributed by atoms with van der Waals surface area (Å²) in [7, 11) is 0. The lowest BCUT2D eigenvalue weighted by Gasteiger charge is -2.27. The number of likely N-dealkylation sites (tertiary alicyclic amines) is 1. The van der Waals surface area contributed by atoms with E-state index in [9.17, 15) is 4.79 Å². The van der Waals surface area contributed by atoms with Gasteiger partial charge in [-0.2, -0.15) is 0 Å². The Morgan fingerprint density at radius 1 is 1.57 bits per heavy atom. The van der Waals surface area contributed by atoms with Crippen molar-refractivity contribution in [2.45, 2.75) is 65.5 Å². The molecule has 1 aliphatic heterocycles. The molecule has 0 aliphatic carbocycles. The Hall–Kier alpha value is -1.36. The minimum atomic E-state index is -0.0878. The number of aryl methyl sites for hydroxylation is 1. The predicted octanol–water partition coefficient (Wildman–Crippen LogP) is 2.80. The third kappa shape index (κ3) is 4.30. The molecule has 5 nitrogen and oxygen atoms in total. The van der Waals surface area contributed by atoms with Crippen LogP contribution in [0.15, 0.2) is 10.6 Å². The van der Waals surface area contributed by atoms with Gasteiger partial charge >= 0.3 is 0 Å². The summed E-state index contributed by atoms with van der Waals surface area (Å²) in [6.07, 6.45) is 3.19. The molecule has 1 fully saturated rings. The fraction of sp³-hybridized carbons (Fsp3) is 0.750. The lowest BCUT2D eigenvalue weighted by atomic mass is 9.87. The van der Waals surface area contributed by atoms with Gasteiger partial charge in [-0.05, 0) is 31.6 Å². The van der Waals surface area contributed by atoms with Gasteiger partial charge in [-0.25, -0.2) is 0 Å². The molecule has 0 radical (unpaired) electrons. The Morgan fingerprint density at radius 2 is 2.29 bits per heavy atom. The summed E-state index contributed by atoms with van der Waals surface area (Å²) >= 11 is 0. The molecule has 2 heterocycles. The molecule has 1 amide bonds. The Morgan fingerprint density at radius 3 is 2.86 bits per heavy atom. The zero-order chi connectivity index (χ0) is 15.6. The van der Waals surface area contributed by atoms with E-state index in [2.05, 4.69) is 25.9 Å². The molecule has 0 bridgehead atoms. The van der Waals surface area contributed by atoms with E-state index in [1.807, 2.05) is 17.9 Å². The third-order valence-corrected chi connectivity index (χ3v) is 3.86. The van der Waals surface area contributed by atoms with Crippen LogP contribution in [-0.4, -0.2) is 28.6 Å². The molecule has 1 saturated heterocycles. The zero-order valence-electron chi connectivity index (χ0n) is 13.6. The largest absolute Gasteiger partial charge is 0.359 e. The van der Waals surface area contributed by atoms with Crippen LogP contribution in [0.25, 0.3) is 0 Å². The number of amides is 1. The average Bonchev–Trinajstić information content (AvgIpc) is 2.93. The van der Waals surface area contributed by atoms with Gasteiger partial charge < -0.3 is 15.2 Å². The number of rotatable bonds is 4. The molecular formula is C16H27N3O2. The second-order valence-electron chi connectivity index (χ2n) is 7.34. The molecule has 21 heavy (non-hydrogen) atoms. The average molecular weight is 293 g/mol. The van der Waals surface area contributed by atoms with Crippen LogP contribution in [0, 0.1) is 12.3 Å². The van der Waals surface area contributed by atoms with Crippen LogP contribution in [0.5, 0.6) is 0 Å². The number of nitrogens with two attached hydrogens (primary N) is 1. The Kier molecular flexibility index (Phi) is 4.71. The van der Waals surface area contributed by atoms with Crippen molar-refractivity contribution < 1.29 is 9.32 Å². The fourth-order valence-corrected chi connectivity index (χ4v) is 3.10. The molecule has 5 heteroatoms. The molecule has 1 aromatic rings. The molecule has 0 saturated carbocycles. The van der Waals surface area contributed by atoms with E-state index in [-0.39, 0.29) is 23.4 Å². The molecule has 2 rings (SSSR count). The number of carbonyl (C=O) groups is 1. The highest BCUT2D eigenvalue weighted by atomic mass is 16.5. The van der Waals surface area contributed by atoms with E-state index in [4.69, 9.17) is 10.3 Å². The van der Waals surface area contributed by atoms with Gasteiger partial charge in [-0.3, -0.25) is 4.79 Å². The first-order valence-corrected chi connectivity index (χ1v) is 7.74. The highest BCUT2D eigenvalue weighted by Gasteiger charge is 2.33. The van der Waals surface area contributed by atoms with Crippen molar-refractivity contribution in [2.75, 3.05) is 6.54 Å². The van der Waals surface area contributed by atoms with Crippen LogP contribution >= 0.6 is 0 Å². The summed E-state index contributed by atoms with van der Waals surface area (Å²) in [6.45, 7) is 9.12. The Bertz CT molecular complexity index is 490. The van der Waals surface area contributed by atoms with Crippen LogP contribution in [0.2, 0.25) is 0 Å². The zero-order valence-corrected chi connectivity index (χ0v) is 13.6. The van der Waals surface area contributed by atoms with Crippen molar-refractivity contribution in [3.8, 4) is 0 Å². The smallest absolute Gasteiger partial charge is 0.224 e. The summed E-state index contributed by atoms with van der Waals surface area (Å²) in [5.41, 5.74) is 7.13. The molecule has 1 aliphatic rings. The van der Waals surface area contributed by atoms with Gasteiger partial charge in [0.25, 0.3) is 0 Å². The molecule has 2 atom stereocenters. The van der Waals surface area contributed by atoms with E-state index in [1.165, 1.54) is 0 Å². The maximum absolute atomic E-state index is 12.5. The predicted molar refractivity (Wildman–Crippen MR) is 81.6 cm³/mol. The summed E-state index contributed by atoms with van der Waals surface area (Å²) in [5.74, 6) is 0.922. The summed E-state index contributed by atoms with van der Waals surface area (Å²) < 4.78 is 5.34. The van der Waals surface area contributed by atoms with Gasteiger partial charge in [-0.15, -0.1) is 0 Å². The van der Waals surface area contributed by atoms with Crippen LogP contribution in [0.4, 0.5) is 0 Å². The highest BCUT2D eigenvalue weighted by Crippen LogP contribution is 2.33. The number of aromatic nitrogens is 1. The molecule has 1 aromatic heterocycles. The van der Waals surface area contributed by atoms with Crippen molar-refractivity contribution in [1.82, 2.24) is 10.1 Å². The van der Waals surface area contributed by atoms with Gasteiger partial charge in [0.15, 0.2) is 5.76 Å². The lowest BCUT2D eigenvalue weighted by molar-refractivity contribution is -0.133. The van der Waals surface area contributed by atoms with Gasteiger partial charge in [0.05, 0.1) is 11.7 Å². The first-order valence-electron chi connectivity index (χ1n) is 7.74. The normalized spacial score (nSPS) is 20.8. The van der Waals surface area contributed by atoms with Crippen molar-refractivity contribution in [3.05, 3.63) is 17.5 Å². The second-order valence-corrected chi connectivity index (χ2v) is 7.34. The van der Waals surface area contributed by atoms with Gasteiger partial charge in [0, 0.05) is 25.1 Å². The summed E-state index contributed by atoms with van der Waals surface area (Å²) in [5, 5.41) is 3.93. The Balaban J connectivity index is 1.98. The first kappa shape index (κ1) is 16.0. The standard InChI is InChI=1S/C16H27N3O2/c1-11-8-14(21-18-11)13-6-5-7-19(13)15(20)9-12(17)10-16(2,3)4/h8,12-13H,5-7,9-10,17H2,1-4H3. The molecule has 2 N–H and O–H groups in total. The Labute approximate surface area is 126 Å². The summed E-state index contributed by atoms with van der Waals surface area (Å²) in [6, 6.07) is 1.86. The van der Waals surface area contributed by atoms with Crippen LogP contribution < -0.4 is 5.73 Å². The monoisotopic (exact) mass is 293 g/mol. The minimum absolute atomic E-state index is 0.0283. The van der Waals surface area contributed by atoms with E-state index in [0.29, 0.717) is 6.42 Å². The molecular weight excluding hydrogens is 266 g/mol. The highest BCUT2D eigenvalue weighted by molar-refractivity contribution is 5.77. The van der Waals surface area contributed by atoms with Crippen molar-refractivity contribution in [3.63, 3.8) is 0 Å². The number of hydrogen-bond acceptors (Lipinski definition) is 4.